The average molecular weight is 307 g/mol. The molecule has 1 aliphatic carbocycles. The predicted octanol–water partition coefficient (Wildman–Crippen LogP) is 1.79. The molecule has 0 unspecified atom stereocenters. The summed E-state index contributed by atoms with van der Waals surface area (Å²) in [5, 5.41) is 23.0. The molecule has 2 rings (SSSR count). The number of nitrogens with two attached hydrogens (primary N) is 2. The molecular formula is C17H29N3O2. The van der Waals surface area contributed by atoms with E-state index in [0.717, 1.165) is 24.0 Å². The third kappa shape index (κ3) is 4.55. The highest BCUT2D eigenvalue weighted by Crippen LogP contribution is 2.26. The molecule has 124 valence electrons. The van der Waals surface area contributed by atoms with Crippen LogP contribution in [0.15, 0.2) is 23.8 Å². The second-order valence-corrected chi connectivity index (χ2v) is 5.84. The summed E-state index contributed by atoms with van der Waals surface area (Å²) in [5.41, 5.74) is 14.2. The van der Waals surface area contributed by atoms with Gasteiger partial charge < -0.3 is 21.7 Å². The Morgan fingerprint density at radius 2 is 2.09 bits per heavy atom. The lowest BCUT2D eigenvalue weighted by Gasteiger charge is -2.31. The van der Waals surface area contributed by atoms with Crippen molar-refractivity contribution in [3.8, 4) is 0 Å². The normalized spacial score (nSPS) is 16.1. The molecule has 0 aliphatic heterocycles. The number of nitrogens with one attached hydrogen (secondary N) is 1. The molecule has 5 heteroatoms. The van der Waals surface area contributed by atoms with Gasteiger partial charge in [-0.3, -0.25) is 5.32 Å². The van der Waals surface area contributed by atoms with Crippen LogP contribution in [0.25, 0.3) is 6.08 Å². The van der Waals surface area contributed by atoms with E-state index in [1.807, 2.05) is 12.1 Å². The molecule has 1 aromatic rings. The van der Waals surface area contributed by atoms with Crippen molar-refractivity contribution in [2.75, 3.05) is 12.3 Å². The number of aliphatic hydroxyl groups is 2. The van der Waals surface area contributed by atoms with Gasteiger partial charge in [-0.25, -0.2) is 0 Å². The highest BCUT2D eigenvalue weighted by Gasteiger charge is 2.27. The number of hydrogen-bond donors (Lipinski definition) is 5. The van der Waals surface area contributed by atoms with E-state index in [2.05, 4.69) is 5.32 Å². The average Bonchev–Trinajstić information content (AvgIpc) is 2.38. The first-order valence-corrected chi connectivity index (χ1v) is 7.39. The van der Waals surface area contributed by atoms with Gasteiger partial charge >= 0.3 is 0 Å². The molecule has 5 nitrogen and oxygen atoms in total. The van der Waals surface area contributed by atoms with Gasteiger partial charge in [0.15, 0.2) is 0 Å². The molecule has 22 heavy (non-hydrogen) atoms. The zero-order valence-corrected chi connectivity index (χ0v) is 12.5. The van der Waals surface area contributed by atoms with E-state index >= 15 is 0 Å². The molecule has 1 aromatic carbocycles. The van der Waals surface area contributed by atoms with E-state index in [4.69, 9.17) is 11.5 Å². The molecule has 0 saturated heterocycles. The fourth-order valence-corrected chi connectivity index (χ4v) is 2.34. The lowest BCUT2D eigenvalue weighted by Crippen LogP contribution is -2.48. The van der Waals surface area contributed by atoms with Crippen LogP contribution in [-0.4, -0.2) is 22.7 Å². The number of anilines is 1. The summed E-state index contributed by atoms with van der Waals surface area (Å²) in [6, 6.07) is 5.52. The van der Waals surface area contributed by atoms with Gasteiger partial charge in [-0.15, -0.1) is 0 Å². The summed E-state index contributed by atoms with van der Waals surface area (Å²) in [7, 11) is 0. The maximum atomic E-state index is 10.1. The van der Waals surface area contributed by atoms with E-state index in [1.165, 1.54) is 6.42 Å². The molecule has 0 bridgehead atoms. The molecule has 1 fully saturated rings. The van der Waals surface area contributed by atoms with Gasteiger partial charge in [-0.05, 0) is 49.0 Å². The minimum absolute atomic E-state index is 0. The lowest BCUT2D eigenvalue weighted by molar-refractivity contribution is -0.154. The van der Waals surface area contributed by atoms with Gasteiger partial charge in [0.25, 0.3) is 0 Å². The van der Waals surface area contributed by atoms with Gasteiger partial charge in [-0.1, -0.05) is 26.0 Å². The van der Waals surface area contributed by atoms with Crippen molar-refractivity contribution in [3.05, 3.63) is 34.9 Å². The van der Waals surface area contributed by atoms with Crippen LogP contribution in [0.3, 0.4) is 0 Å². The van der Waals surface area contributed by atoms with Crippen LogP contribution < -0.4 is 16.8 Å². The fraction of sp³-hybridized carbons (Fsp3) is 0.529. The highest BCUT2D eigenvalue weighted by molar-refractivity contribution is 5.67. The zero-order valence-electron chi connectivity index (χ0n) is 12.5. The molecule has 0 heterocycles. The number of benzene rings is 1. The van der Waals surface area contributed by atoms with E-state index in [-0.39, 0.29) is 7.43 Å². The minimum atomic E-state index is -2.01. The molecular weight excluding hydrogens is 278 g/mol. The molecule has 1 saturated carbocycles. The van der Waals surface area contributed by atoms with Crippen molar-refractivity contribution < 1.29 is 10.2 Å². The topological polar surface area (TPSA) is 105 Å². The molecule has 7 N–H and O–H groups in total. The first-order valence-electron chi connectivity index (χ1n) is 7.39. The van der Waals surface area contributed by atoms with Crippen molar-refractivity contribution in [2.24, 2.45) is 11.7 Å². The zero-order chi connectivity index (χ0) is 15.5. The van der Waals surface area contributed by atoms with E-state index in [1.54, 1.807) is 19.1 Å². The van der Waals surface area contributed by atoms with Gasteiger partial charge in [0.05, 0.1) is 0 Å². The minimum Gasteiger partial charge on any atom is -0.398 e. The molecule has 0 atom stereocenters. The third-order valence-electron chi connectivity index (χ3n) is 4.17. The monoisotopic (exact) mass is 307 g/mol. The number of rotatable bonds is 6. The smallest absolute Gasteiger partial charge is 0.246 e. The number of hydrogen-bond acceptors (Lipinski definition) is 5. The second kappa shape index (κ2) is 7.74. The standard InChI is InChI=1S/C16H25N3O2.CH4/c1-11(16(20,21)19-10-12-3-2-4-12)7-14-6-5-13(9-17)8-15(14)18;/h5-8,12,19-21H,2-4,9-10,17-18H2,1H3;1H4/b11-7+;. The van der Waals surface area contributed by atoms with Crippen molar-refractivity contribution in [3.63, 3.8) is 0 Å². The van der Waals surface area contributed by atoms with Gasteiger partial charge in [-0.2, -0.15) is 0 Å². The van der Waals surface area contributed by atoms with Crippen LogP contribution in [0.5, 0.6) is 0 Å². The Morgan fingerprint density at radius 3 is 2.59 bits per heavy atom. The van der Waals surface area contributed by atoms with Crippen molar-refractivity contribution in [1.29, 1.82) is 0 Å². The number of nitrogen functional groups attached to an aromatic ring is 1. The van der Waals surface area contributed by atoms with Gasteiger partial charge in [0, 0.05) is 24.4 Å². The van der Waals surface area contributed by atoms with Crippen LogP contribution in [0.2, 0.25) is 0 Å². The van der Waals surface area contributed by atoms with E-state index in [0.29, 0.717) is 30.3 Å². The Kier molecular flexibility index (Phi) is 6.56. The van der Waals surface area contributed by atoms with Crippen LogP contribution in [0.4, 0.5) is 5.69 Å². The fourth-order valence-electron chi connectivity index (χ4n) is 2.34. The Morgan fingerprint density at radius 1 is 1.41 bits per heavy atom. The largest absolute Gasteiger partial charge is 0.398 e. The maximum Gasteiger partial charge on any atom is 0.246 e. The van der Waals surface area contributed by atoms with Gasteiger partial charge in [0.1, 0.15) is 0 Å². The van der Waals surface area contributed by atoms with Crippen LogP contribution in [0.1, 0.15) is 44.7 Å². The molecule has 0 radical (unpaired) electrons. The van der Waals surface area contributed by atoms with Crippen LogP contribution in [-0.2, 0) is 6.54 Å². The Bertz CT molecular complexity index is 523. The summed E-state index contributed by atoms with van der Waals surface area (Å²) in [6.45, 7) is 2.71. The summed E-state index contributed by atoms with van der Waals surface area (Å²) < 4.78 is 0. The van der Waals surface area contributed by atoms with Crippen LogP contribution in [0, 0.1) is 5.92 Å². The molecule has 1 aliphatic rings. The Balaban J connectivity index is 0.00000242. The first-order chi connectivity index (χ1) is 9.92. The van der Waals surface area contributed by atoms with Crippen molar-refractivity contribution >= 4 is 11.8 Å². The highest BCUT2D eigenvalue weighted by atomic mass is 16.5. The SMILES string of the molecule is C.C/C(=C\c1ccc(CN)cc1N)C(O)(O)NCC1CCC1. The first kappa shape index (κ1) is 18.6. The molecule has 0 aromatic heterocycles. The van der Waals surface area contributed by atoms with E-state index < -0.39 is 5.91 Å². The summed E-state index contributed by atoms with van der Waals surface area (Å²) in [5.74, 6) is -1.46. The van der Waals surface area contributed by atoms with Gasteiger partial charge in [0.2, 0.25) is 5.91 Å². The third-order valence-corrected chi connectivity index (χ3v) is 4.17. The quantitative estimate of drug-likeness (QED) is 0.407. The maximum absolute atomic E-state index is 10.1. The van der Waals surface area contributed by atoms with Crippen LogP contribution >= 0.6 is 0 Å². The molecule has 0 amide bonds. The summed E-state index contributed by atoms with van der Waals surface area (Å²) >= 11 is 0. The Hall–Kier alpha value is -1.40. The van der Waals surface area contributed by atoms with E-state index in [9.17, 15) is 10.2 Å². The summed E-state index contributed by atoms with van der Waals surface area (Å²) in [6.07, 6.45) is 5.22. The lowest BCUT2D eigenvalue weighted by atomic mass is 9.85. The molecule has 0 spiro atoms. The van der Waals surface area contributed by atoms with Crippen molar-refractivity contribution in [1.82, 2.24) is 5.32 Å². The predicted molar refractivity (Wildman–Crippen MR) is 91.6 cm³/mol. The summed E-state index contributed by atoms with van der Waals surface area (Å²) in [4.78, 5) is 0. The van der Waals surface area contributed by atoms with Crippen molar-refractivity contribution in [2.45, 2.75) is 46.1 Å². The second-order valence-electron chi connectivity index (χ2n) is 5.84. The Labute approximate surface area is 133 Å².